The van der Waals surface area contributed by atoms with Crippen molar-refractivity contribution in [2.45, 2.75) is 32.0 Å². The van der Waals surface area contributed by atoms with E-state index in [4.69, 9.17) is 5.11 Å². The fraction of sp³-hybridized carbons (Fsp3) is 0.318. The number of nitrogens with one attached hydrogen (secondary N) is 1. The summed E-state index contributed by atoms with van der Waals surface area (Å²) >= 11 is 1.18. The van der Waals surface area contributed by atoms with Gasteiger partial charge in [0, 0.05) is 31.7 Å². The van der Waals surface area contributed by atoms with Crippen LogP contribution in [0.1, 0.15) is 36.0 Å². The van der Waals surface area contributed by atoms with Gasteiger partial charge in [-0.25, -0.2) is 9.97 Å². The minimum atomic E-state index is -4.76. The molecule has 0 saturated carbocycles. The predicted octanol–water partition coefficient (Wildman–Crippen LogP) is 5.56. The van der Waals surface area contributed by atoms with Gasteiger partial charge in [0.25, 0.3) is 0 Å². The van der Waals surface area contributed by atoms with E-state index in [0.29, 0.717) is 45.2 Å². The maximum absolute atomic E-state index is 12.5. The van der Waals surface area contributed by atoms with Crippen molar-refractivity contribution < 1.29 is 27.8 Å². The van der Waals surface area contributed by atoms with E-state index in [2.05, 4.69) is 20.0 Å². The summed E-state index contributed by atoms with van der Waals surface area (Å²) in [5.74, 6) is 0.211. The van der Waals surface area contributed by atoms with Crippen molar-refractivity contribution in [3.8, 4) is 5.75 Å². The number of aliphatic hydroxyl groups excluding tert-OH is 1. The lowest BCUT2D eigenvalue weighted by Gasteiger charge is -2.07. The van der Waals surface area contributed by atoms with Gasteiger partial charge in [-0.3, -0.25) is 4.79 Å². The zero-order valence-corrected chi connectivity index (χ0v) is 18.5. The van der Waals surface area contributed by atoms with Gasteiger partial charge < -0.3 is 19.7 Å². The molecular weight excluding hydrogens is 457 g/mol. The molecule has 0 radical (unpaired) electrons. The van der Waals surface area contributed by atoms with E-state index in [9.17, 15) is 18.0 Å². The molecule has 0 saturated heterocycles. The predicted molar refractivity (Wildman–Crippen MR) is 120 cm³/mol. The Hall–Kier alpha value is -3.18. The lowest BCUT2D eigenvalue weighted by molar-refractivity contribution is -0.274. The van der Waals surface area contributed by atoms with E-state index in [0.717, 1.165) is 18.4 Å². The van der Waals surface area contributed by atoms with Crippen LogP contribution in [0, 0.1) is 0 Å². The summed E-state index contributed by atoms with van der Waals surface area (Å²) in [6, 6.07) is 9.31. The number of aliphatic hydroxyl groups is 1. The third-order valence-corrected chi connectivity index (χ3v) is 6.01. The maximum atomic E-state index is 12.5. The number of ketones is 1. The molecular formula is C22H21F3N4O3S. The smallest absolute Gasteiger partial charge is 0.406 e. The van der Waals surface area contributed by atoms with Crippen LogP contribution in [0.15, 0.2) is 36.4 Å². The van der Waals surface area contributed by atoms with Crippen LogP contribution >= 0.6 is 11.3 Å². The van der Waals surface area contributed by atoms with Crippen LogP contribution in [-0.4, -0.2) is 38.4 Å². The van der Waals surface area contributed by atoms with Crippen LogP contribution in [0.4, 0.5) is 24.3 Å². The van der Waals surface area contributed by atoms with Crippen LogP contribution in [0.2, 0.25) is 0 Å². The minimum Gasteiger partial charge on any atom is -0.406 e. The highest BCUT2D eigenvalue weighted by atomic mass is 32.1. The molecule has 0 unspecified atom stereocenters. The van der Waals surface area contributed by atoms with Crippen LogP contribution < -0.4 is 10.1 Å². The standard InChI is InChI=1S/C22H21F3N4O3S/c1-29-17-9-6-13(18(31)5-3-2-4-10-30)11-16(17)26-20(29)28-21-27-15-8-7-14(12-19(15)33-21)32-22(23,24)25/h6-9,11-12,30H,2-5,10H2,1H3,(H,26,27,28). The SMILES string of the molecule is Cn1c(Nc2nc3ccc(OC(F)(F)F)cc3s2)nc2cc(C(=O)CCCCCO)ccc21. The Morgan fingerprint density at radius 1 is 1.12 bits per heavy atom. The molecule has 174 valence electrons. The number of aryl methyl sites for hydroxylation is 1. The number of alkyl halides is 3. The third-order valence-electron chi connectivity index (χ3n) is 5.08. The van der Waals surface area contributed by atoms with E-state index in [1.54, 1.807) is 12.1 Å². The first-order valence-electron chi connectivity index (χ1n) is 10.3. The summed E-state index contributed by atoms with van der Waals surface area (Å²) in [6.45, 7) is 0.126. The molecule has 2 aromatic heterocycles. The second-order valence-corrected chi connectivity index (χ2v) is 8.51. The van der Waals surface area contributed by atoms with Crippen molar-refractivity contribution in [3.05, 3.63) is 42.0 Å². The number of carbonyl (C=O) groups is 1. The number of Topliss-reactive ketones (excluding diaryl/α,β-unsaturated/α-hetero) is 1. The van der Waals surface area contributed by atoms with Crippen LogP contribution in [-0.2, 0) is 7.05 Å². The van der Waals surface area contributed by atoms with Gasteiger partial charge in [0.15, 0.2) is 10.9 Å². The Balaban J connectivity index is 1.53. The quantitative estimate of drug-likeness (QED) is 0.242. The molecule has 0 amide bonds. The van der Waals surface area contributed by atoms with E-state index in [-0.39, 0.29) is 18.1 Å². The average molecular weight is 478 g/mol. The molecule has 0 aliphatic heterocycles. The molecule has 4 aromatic rings. The van der Waals surface area contributed by atoms with Gasteiger partial charge in [-0.1, -0.05) is 17.8 Å². The number of ether oxygens (including phenoxy) is 1. The number of anilines is 2. The molecule has 7 nitrogen and oxygen atoms in total. The van der Waals surface area contributed by atoms with E-state index >= 15 is 0 Å². The van der Waals surface area contributed by atoms with Crippen molar-refractivity contribution in [1.82, 2.24) is 14.5 Å². The number of fused-ring (bicyclic) bond motifs is 2. The molecule has 33 heavy (non-hydrogen) atoms. The average Bonchev–Trinajstić information content (AvgIpc) is 3.29. The lowest BCUT2D eigenvalue weighted by Crippen LogP contribution is -2.16. The summed E-state index contributed by atoms with van der Waals surface area (Å²) in [6.07, 6.45) is -2.14. The van der Waals surface area contributed by atoms with E-state index in [1.165, 1.54) is 29.5 Å². The van der Waals surface area contributed by atoms with Gasteiger partial charge in [-0.2, -0.15) is 0 Å². The van der Waals surface area contributed by atoms with Gasteiger partial charge in [-0.15, -0.1) is 13.2 Å². The number of thiazole rings is 1. The molecule has 2 N–H and O–H groups in total. The van der Waals surface area contributed by atoms with Crippen molar-refractivity contribution in [2.24, 2.45) is 7.05 Å². The Labute approximate surface area is 190 Å². The number of hydrogen-bond acceptors (Lipinski definition) is 7. The largest absolute Gasteiger partial charge is 0.573 e. The summed E-state index contributed by atoms with van der Waals surface area (Å²) in [5, 5.41) is 12.4. The van der Waals surface area contributed by atoms with E-state index in [1.807, 2.05) is 17.7 Å². The number of nitrogens with zero attached hydrogens (tertiary/aromatic N) is 3. The Morgan fingerprint density at radius 2 is 1.94 bits per heavy atom. The highest BCUT2D eigenvalue weighted by molar-refractivity contribution is 7.22. The first-order chi connectivity index (χ1) is 15.7. The molecule has 2 aromatic carbocycles. The maximum Gasteiger partial charge on any atom is 0.573 e. The second kappa shape index (κ2) is 9.36. The van der Waals surface area contributed by atoms with Crippen molar-refractivity contribution in [1.29, 1.82) is 0 Å². The number of benzene rings is 2. The highest BCUT2D eigenvalue weighted by Crippen LogP contribution is 2.33. The van der Waals surface area contributed by atoms with Gasteiger partial charge >= 0.3 is 6.36 Å². The number of hydrogen-bond donors (Lipinski definition) is 2. The normalized spacial score (nSPS) is 11.9. The van der Waals surface area contributed by atoms with Crippen LogP contribution in [0.3, 0.4) is 0 Å². The Morgan fingerprint density at radius 3 is 2.70 bits per heavy atom. The van der Waals surface area contributed by atoms with Gasteiger partial charge in [0.2, 0.25) is 5.95 Å². The third kappa shape index (κ3) is 5.42. The molecule has 0 fully saturated rings. The van der Waals surface area contributed by atoms with Gasteiger partial charge in [0.1, 0.15) is 5.75 Å². The minimum absolute atomic E-state index is 0.0260. The first-order valence-corrected chi connectivity index (χ1v) is 11.1. The summed E-state index contributed by atoms with van der Waals surface area (Å²) in [7, 11) is 1.82. The zero-order valence-electron chi connectivity index (χ0n) is 17.6. The highest BCUT2D eigenvalue weighted by Gasteiger charge is 2.31. The zero-order chi connectivity index (χ0) is 23.6. The summed E-state index contributed by atoms with van der Waals surface area (Å²) in [5.41, 5.74) is 2.57. The van der Waals surface area contributed by atoms with Crippen LogP contribution in [0.5, 0.6) is 5.75 Å². The number of rotatable bonds is 9. The van der Waals surface area contributed by atoms with Gasteiger partial charge in [-0.05, 0) is 43.2 Å². The number of unbranched alkanes of at least 4 members (excludes halogenated alkanes) is 2. The molecule has 0 bridgehead atoms. The number of carbonyl (C=O) groups excluding carboxylic acids is 1. The Kier molecular flexibility index (Phi) is 6.52. The fourth-order valence-electron chi connectivity index (χ4n) is 3.45. The molecule has 0 aliphatic rings. The first kappa shape index (κ1) is 23.0. The molecule has 0 aliphatic carbocycles. The monoisotopic (exact) mass is 478 g/mol. The number of imidazole rings is 1. The molecule has 0 atom stereocenters. The van der Waals surface area contributed by atoms with Gasteiger partial charge in [0.05, 0.1) is 21.3 Å². The molecule has 0 spiro atoms. The lowest BCUT2D eigenvalue weighted by atomic mass is 10.0. The molecule has 2 heterocycles. The number of halogens is 3. The Bertz CT molecular complexity index is 1300. The van der Waals surface area contributed by atoms with Crippen molar-refractivity contribution in [3.63, 3.8) is 0 Å². The van der Waals surface area contributed by atoms with Crippen molar-refractivity contribution >= 4 is 49.4 Å². The fourth-order valence-corrected chi connectivity index (χ4v) is 4.34. The van der Waals surface area contributed by atoms with Crippen LogP contribution in [0.25, 0.3) is 21.3 Å². The van der Waals surface area contributed by atoms with Crippen molar-refractivity contribution in [2.75, 3.05) is 11.9 Å². The number of aromatic nitrogens is 3. The molecule has 11 heteroatoms. The van der Waals surface area contributed by atoms with E-state index < -0.39 is 6.36 Å². The second-order valence-electron chi connectivity index (χ2n) is 7.48. The topological polar surface area (TPSA) is 89.3 Å². The summed E-state index contributed by atoms with van der Waals surface area (Å²) in [4.78, 5) is 21.4. The molecule has 4 rings (SSSR count). The summed E-state index contributed by atoms with van der Waals surface area (Å²) < 4.78 is 43.7.